The Morgan fingerprint density at radius 1 is 1.24 bits per heavy atom. The lowest BCUT2D eigenvalue weighted by molar-refractivity contribution is -0.132. The average Bonchev–Trinajstić information content (AvgIpc) is 2.89. The summed E-state index contributed by atoms with van der Waals surface area (Å²) in [6, 6.07) is 12.2. The fourth-order valence-corrected chi connectivity index (χ4v) is 3.34. The summed E-state index contributed by atoms with van der Waals surface area (Å²) in [5.41, 5.74) is 1.90. The van der Waals surface area contributed by atoms with Gasteiger partial charge in [0.05, 0.1) is 17.1 Å². The van der Waals surface area contributed by atoms with Gasteiger partial charge in [0.1, 0.15) is 6.54 Å². The Hall–Kier alpha value is -2.24. The molecule has 2 aromatic carbocycles. The van der Waals surface area contributed by atoms with Crippen molar-refractivity contribution in [3.8, 4) is 0 Å². The molecule has 1 amide bonds. The molecule has 0 spiro atoms. The lowest BCUT2D eigenvalue weighted by Gasteiger charge is -2.26. The van der Waals surface area contributed by atoms with Crippen molar-refractivity contribution in [1.29, 1.82) is 0 Å². The highest BCUT2D eigenvalue weighted by atomic mass is 35.5. The maximum absolute atomic E-state index is 12.7. The molecule has 0 aliphatic rings. The van der Waals surface area contributed by atoms with Crippen LogP contribution in [0, 0.1) is 0 Å². The Labute approximate surface area is 154 Å². The fraction of sp³-hybridized carbons (Fsp3) is 0.222. The molecular weight excluding hydrogens is 361 g/mol. The molecule has 1 aromatic heterocycles. The van der Waals surface area contributed by atoms with Crippen molar-refractivity contribution in [2.75, 3.05) is 7.05 Å². The van der Waals surface area contributed by atoms with Crippen LogP contribution in [0.5, 0.6) is 0 Å². The van der Waals surface area contributed by atoms with Gasteiger partial charge in [0.2, 0.25) is 5.91 Å². The number of carbonyl (C=O) groups is 1. The van der Waals surface area contributed by atoms with Crippen LogP contribution in [-0.4, -0.2) is 27.4 Å². The molecule has 0 saturated heterocycles. The van der Waals surface area contributed by atoms with E-state index in [1.807, 2.05) is 19.1 Å². The van der Waals surface area contributed by atoms with Crippen LogP contribution >= 0.6 is 23.2 Å². The lowest BCUT2D eigenvalue weighted by Crippen LogP contribution is -2.35. The molecule has 0 fully saturated rings. The van der Waals surface area contributed by atoms with Gasteiger partial charge in [0.15, 0.2) is 0 Å². The normalized spacial score (nSPS) is 12.3. The first kappa shape index (κ1) is 17.6. The number of hydrogen-bond acceptors (Lipinski definition) is 2. The van der Waals surface area contributed by atoms with Crippen molar-refractivity contribution < 1.29 is 4.79 Å². The smallest absolute Gasteiger partial charge is 0.326 e. The number of likely N-dealkylation sites (N-methyl/N-ethyl adjacent to an activating group) is 1. The third-order valence-electron chi connectivity index (χ3n) is 4.36. The molecule has 25 heavy (non-hydrogen) atoms. The summed E-state index contributed by atoms with van der Waals surface area (Å²) in [4.78, 5) is 29.1. The number of halogens is 2. The second-order valence-electron chi connectivity index (χ2n) is 5.88. The number of imidazole rings is 1. The van der Waals surface area contributed by atoms with Gasteiger partial charge >= 0.3 is 5.69 Å². The second-order valence-corrected chi connectivity index (χ2v) is 6.72. The van der Waals surface area contributed by atoms with E-state index in [-0.39, 0.29) is 24.2 Å². The summed E-state index contributed by atoms with van der Waals surface area (Å²) in [5.74, 6) is -0.189. The molecule has 7 heteroatoms. The van der Waals surface area contributed by atoms with Crippen molar-refractivity contribution in [2.24, 2.45) is 0 Å². The minimum atomic E-state index is -0.305. The van der Waals surface area contributed by atoms with E-state index >= 15 is 0 Å². The summed E-state index contributed by atoms with van der Waals surface area (Å²) in [6.07, 6.45) is 0. The molecule has 0 bridgehead atoms. The first-order valence-corrected chi connectivity index (χ1v) is 8.52. The van der Waals surface area contributed by atoms with Crippen molar-refractivity contribution in [1.82, 2.24) is 14.5 Å². The van der Waals surface area contributed by atoms with E-state index < -0.39 is 0 Å². The standard InChI is InChI=1S/C18H17Cl2N3O2/c1-11(13-8-7-12(19)9-14(13)20)22(2)17(24)10-23-16-6-4-3-5-15(16)21-18(23)25/h3-9,11H,10H2,1-2H3,(H,21,25). The van der Waals surface area contributed by atoms with Crippen molar-refractivity contribution >= 4 is 40.1 Å². The summed E-state index contributed by atoms with van der Waals surface area (Å²) < 4.78 is 1.43. The highest BCUT2D eigenvalue weighted by Gasteiger charge is 2.21. The number of amides is 1. The predicted octanol–water partition coefficient (Wildman–Crippen LogP) is 3.86. The number of nitrogens with one attached hydrogen (secondary N) is 1. The molecular formula is C18H17Cl2N3O2. The maximum Gasteiger partial charge on any atom is 0.326 e. The second kappa shape index (κ2) is 6.94. The molecule has 0 aliphatic heterocycles. The van der Waals surface area contributed by atoms with Gasteiger partial charge in [0.25, 0.3) is 0 Å². The van der Waals surface area contributed by atoms with E-state index in [1.165, 1.54) is 4.57 Å². The van der Waals surface area contributed by atoms with Gasteiger partial charge in [-0.1, -0.05) is 41.4 Å². The Morgan fingerprint density at radius 3 is 2.68 bits per heavy atom. The molecule has 5 nitrogen and oxygen atoms in total. The molecule has 0 saturated carbocycles. The molecule has 1 unspecified atom stereocenters. The number of carbonyl (C=O) groups excluding carboxylic acids is 1. The van der Waals surface area contributed by atoms with Gasteiger partial charge < -0.3 is 9.88 Å². The van der Waals surface area contributed by atoms with Crippen LogP contribution in [0.25, 0.3) is 11.0 Å². The van der Waals surface area contributed by atoms with Crippen LogP contribution in [0.2, 0.25) is 10.0 Å². The van der Waals surface area contributed by atoms with Gasteiger partial charge in [-0.3, -0.25) is 9.36 Å². The van der Waals surface area contributed by atoms with Gasteiger partial charge in [-0.25, -0.2) is 4.79 Å². The maximum atomic E-state index is 12.7. The number of aromatic amines is 1. The Balaban J connectivity index is 1.85. The van der Waals surface area contributed by atoms with E-state index in [9.17, 15) is 9.59 Å². The molecule has 1 N–H and O–H groups in total. The molecule has 1 atom stereocenters. The van der Waals surface area contributed by atoms with Crippen LogP contribution in [-0.2, 0) is 11.3 Å². The molecule has 0 radical (unpaired) electrons. The van der Waals surface area contributed by atoms with Crippen LogP contribution < -0.4 is 5.69 Å². The zero-order chi connectivity index (χ0) is 18.1. The van der Waals surface area contributed by atoms with E-state index in [1.54, 1.807) is 42.3 Å². The SMILES string of the molecule is CC(c1ccc(Cl)cc1Cl)N(C)C(=O)Cn1c(=O)[nH]c2ccccc21. The Bertz CT molecular complexity index is 993. The molecule has 3 aromatic rings. The topological polar surface area (TPSA) is 58.1 Å². The third-order valence-corrected chi connectivity index (χ3v) is 4.92. The fourth-order valence-electron chi connectivity index (χ4n) is 2.78. The monoisotopic (exact) mass is 377 g/mol. The molecule has 0 aliphatic carbocycles. The van der Waals surface area contributed by atoms with Crippen LogP contribution in [0.3, 0.4) is 0 Å². The number of aromatic nitrogens is 2. The number of para-hydroxylation sites is 2. The number of nitrogens with zero attached hydrogens (tertiary/aromatic N) is 2. The number of rotatable bonds is 4. The first-order chi connectivity index (χ1) is 11.9. The summed E-state index contributed by atoms with van der Waals surface area (Å²) in [5, 5.41) is 1.05. The predicted molar refractivity (Wildman–Crippen MR) is 100 cm³/mol. The Morgan fingerprint density at radius 2 is 1.96 bits per heavy atom. The van der Waals surface area contributed by atoms with Crippen LogP contribution in [0.15, 0.2) is 47.3 Å². The summed E-state index contributed by atoms with van der Waals surface area (Å²) in [7, 11) is 1.69. The van der Waals surface area contributed by atoms with Gasteiger partial charge in [-0.05, 0) is 36.8 Å². The van der Waals surface area contributed by atoms with Gasteiger partial charge in [0, 0.05) is 17.1 Å². The number of H-pyrrole nitrogens is 1. The molecule has 130 valence electrons. The largest absolute Gasteiger partial charge is 0.337 e. The van der Waals surface area contributed by atoms with Crippen molar-refractivity contribution in [3.05, 3.63) is 68.6 Å². The van der Waals surface area contributed by atoms with E-state index in [2.05, 4.69) is 4.98 Å². The summed E-state index contributed by atoms with van der Waals surface area (Å²) >= 11 is 12.2. The molecule has 3 rings (SSSR count). The quantitative estimate of drug-likeness (QED) is 0.750. The van der Waals surface area contributed by atoms with Crippen LogP contribution in [0.1, 0.15) is 18.5 Å². The first-order valence-electron chi connectivity index (χ1n) is 7.76. The lowest BCUT2D eigenvalue weighted by atomic mass is 10.1. The average molecular weight is 378 g/mol. The van der Waals surface area contributed by atoms with Crippen molar-refractivity contribution in [2.45, 2.75) is 19.5 Å². The summed E-state index contributed by atoms with van der Waals surface area (Å²) in [6.45, 7) is 1.83. The van der Waals surface area contributed by atoms with Gasteiger partial charge in [-0.2, -0.15) is 0 Å². The zero-order valence-corrected chi connectivity index (χ0v) is 15.3. The number of fused-ring (bicyclic) bond motifs is 1. The van der Waals surface area contributed by atoms with E-state index in [0.29, 0.717) is 21.1 Å². The highest BCUT2D eigenvalue weighted by Crippen LogP contribution is 2.29. The van der Waals surface area contributed by atoms with E-state index in [4.69, 9.17) is 23.2 Å². The zero-order valence-electron chi connectivity index (χ0n) is 13.8. The minimum absolute atomic E-state index is 0.0467. The number of hydrogen-bond donors (Lipinski definition) is 1. The van der Waals surface area contributed by atoms with E-state index in [0.717, 1.165) is 5.56 Å². The number of benzene rings is 2. The third kappa shape index (κ3) is 3.43. The van der Waals surface area contributed by atoms with Gasteiger partial charge in [-0.15, -0.1) is 0 Å². The molecule has 1 heterocycles. The Kier molecular flexibility index (Phi) is 4.88. The highest BCUT2D eigenvalue weighted by molar-refractivity contribution is 6.35. The van der Waals surface area contributed by atoms with Crippen LogP contribution in [0.4, 0.5) is 0 Å². The van der Waals surface area contributed by atoms with Crippen molar-refractivity contribution in [3.63, 3.8) is 0 Å². The minimum Gasteiger partial charge on any atom is -0.337 e.